The van der Waals surface area contributed by atoms with E-state index in [1.807, 2.05) is 49.8 Å². The zero-order valence-electron chi connectivity index (χ0n) is 16.2. The van der Waals surface area contributed by atoms with Crippen LogP contribution in [0.5, 0.6) is 0 Å². The molecule has 1 fully saturated rings. The standard InChI is InChI=1S/C20H27N5O2/c1-4-23(13-16-12-21-24(5-2)14-16)20(27)22-18-11-17(9-8-15(18)3)25-10-6-7-19(25)26/h8-9,11-12,14H,4-7,10,13H2,1-3H3,(H,22,27). The predicted molar refractivity (Wildman–Crippen MR) is 106 cm³/mol. The number of aryl methyl sites for hydroxylation is 2. The summed E-state index contributed by atoms with van der Waals surface area (Å²) in [4.78, 5) is 28.3. The second-order valence-corrected chi connectivity index (χ2v) is 6.80. The Bertz CT molecular complexity index is 830. The van der Waals surface area contributed by atoms with E-state index in [2.05, 4.69) is 10.4 Å². The highest BCUT2D eigenvalue weighted by Gasteiger charge is 2.22. The van der Waals surface area contributed by atoms with Crippen molar-refractivity contribution in [3.05, 3.63) is 41.7 Å². The second-order valence-electron chi connectivity index (χ2n) is 6.80. The fraction of sp³-hybridized carbons (Fsp3) is 0.450. The molecule has 3 rings (SSSR count). The highest BCUT2D eigenvalue weighted by molar-refractivity contribution is 5.97. The zero-order chi connectivity index (χ0) is 19.4. The summed E-state index contributed by atoms with van der Waals surface area (Å²) in [6.07, 6.45) is 5.22. The molecule has 7 nitrogen and oxygen atoms in total. The molecule has 2 heterocycles. The van der Waals surface area contributed by atoms with Crippen LogP contribution in [0.4, 0.5) is 16.2 Å². The second kappa shape index (κ2) is 8.24. The van der Waals surface area contributed by atoms with Crippen molar-refractivity contribution in [3.8, 4) is 0 Å². The van der Waals surface area contributed by atoms with Gasteiger partial charge in [-0.15, -0.1) is 0 Å². The van der Waals surface area contributed by atoms with E-state index in [1.165, 1.54) is 0 Å². The summed E-state index contributed by atoms with van der Waals surface area (Å²) in [5.41, 5.74) is 3.54. The third-order valence-corrected chi connectivity index (χ3v) is 4.90. The van der Waals surface area contributed by atoms with Crippen LogP contribution in [0, 0.1) is 6.92 Å². The first-order chi connectivity index (χ1) is 13.0. The third kappa shape index (κ3) is 4.30. The van der Waals surface area contributed by atoms with E-state index in [1.54, 1.807) is 16.0 Å². The Kier molecular flexibility index (Phi) is 5.78. The number of anilines is 2. The lowest BCUT2D eigenvalue weighted by molar-refractivity contribution is -0.117. The van der Waals surface area contributed by atoms with Gasteiger partial charge in [0.1, 0.15) is 0 Å². The highest BCUT2D eigenvalue weighted by Crippen LogP contribution is 2.27. The van der Waals surface area contributed by atoms with Crippen LogP contribution < -0.4 is 10.2 Å². The number of hydrogen-bond donors (Lipinski definition) is 1. The molecule has 0 aliphatic carbocycles. The average Bonchev–Trinajstić information content (AvgIpc) is 3.30. The van der Waals surface area contributed by atoms with E-state index < -0.39 is 0 Å². The summed E-state index contributed by atoms with van der Waals surface area (Å²) in [6.45, 7) is 8.57. The van der Waals surface area contributed by atoms with Crippen LogP contribution in [0.2, 0.25) is 0 Å². The summed E-state index contributed by atoms with van der Waals surface area (Å²) in [6, 6.07) is 5.61. The lowest BCUT2D eigenvalue weighted by Crippen LogP contribution is -2.34. The number of carbonyl (C=O) groups excluding carboxylic acids is 2. The van der Waals surface area contributed by atoms with Gasteiger partial charge in [-0.1, -0.05) is 6.07 Å². The maximum atomic E-state index is 12.8. The van der Waals surface area contributed by atoms with Crippen LogP contribution in [0.15, 0.2) is 30.6 Å². The van der Waals surface area contributed by atoms with Gasteiger partial charge in [0, 0.05) is 49.2 Å². The number of hydrogen-bond acceptors (Lipinski definition) is 3. The van der Waals surface area contributed by atoms with Crippen LogP contribution in [-0.2, 0) is 17.9 Å². The molecule has 0 saturated carbocycles. The molecule has 27 heavy (non-hydrogen) atoms. The van der Waals surface area contributed by atoms with E-state index in [0.717, 1.165) is 42.0 Å². The third-order valence-electron chi connectivity index (χ3n) is 4.90. The summed E-state index contributed by atoms with van der Waals surface area (Å²) in [5, 5.41) is 7.27. The van der Waals surface area contributed by atoms with E-state index in [4.69, 9.17) is 0 Å². The monoisotopic (exact) mass is 369 g/mol. The molecule has 1 aromatic heterocycles. The first kappa shape index (κ1) is 18.9. The maximum Gasteiger partial charge on any atom is 0.322 e. The van der Waals surface area contributed by atoms with E-state index in [0.29, 0.717) is 19.5 Å². The average molecular weight is 369 g/mol. The fourth-order valence-electron chi connectivity index (χ4n) is 3.24. The Labute approximate surface area is 159 Å². The Balaban J connectivity index is 1.72. The first-order valence-electron chi connectivity index (χ1n) is 9.50. The Morgan fingerprint density at radius 2 is 2.15 bits per heavy atom. The molecular formula is C20H27N5O2. The number of rotatable bonds is 6. The fourth-order valence-corrected chi connectivity index (χ4v) is 3.24. The highest BCUT2D eigenvalue weighted by atomic mass is 16.2. The molecule has 0 bridgehead atoms. The first-order valence-corrected chi connectivity index (χ1v) is 9.50. The van der Waals surface area contributed by atoms with Gasteiger partial charge in [-0.3, -0.25) is 9.48 Å². The van der Waals surface area contributed by atoms with Gasteiger partial charge in [0.25, 0.3) is 0 Å². The lowest BCUT2D eigenvalue weighted by Gasteiger charge is -2.23. The van der Waals surface area contributed by atoms with Gasteiger partial charge in [-0.05, 0) is 44.9 Å². The number of carbonyl (C=O) groups is 2. The molecule has 0 atom stereocenters. The number of nitrogens with zero attached hydrogens (tertiary/aromatic N) is 4. The van der Waals surface area contributed by atoms with Crippen molar-refractivity contribution < 1.29 is 9.59 Å². The molecular weight excluding hydrogens is 342 g/mol. The summed E-state index contributed by atoms with van der Waals surface area (Å²) in [5.74, 6) is 0.138. The van der Waals surface area contributed by atoms with Gasteiger partial charge in [0.15, 0.2) is 0 Å². The normalized spacial score (nSPS) is 13.9. The molecule has 1 saturated heterocycles. The van der Waals surface area contributed by atoms with Crippen molar-refractivity contribution in [3.63, 3.8) is 0 Å². The molecule has 3 amide bonds. The molecule has 0 spiro atoms. The predicted octanol–water partition coefficient (Wildman–Crippen LogP) is 3.39. The smallest absolute Gasteiger partial charge is 0.320 e. The molecule has 7 heteroatoms. The molecule has 0 radical (unpaired) electrons. The van der Waals surface area contributed by atoms with E-state index in [-0.39, 0.29) is 11.9 Å². The quantitative estimate of drug-likeness (QED) is 0.848. The largest absolute Gasteiger partial charge is 0.322 e. The van der Waals surface area contributed by atoms with Gasteiger partial charge in [0.05, 0.1) is 12.7 Å². The van der Waals surface area contributed by atoms with Crippen molar-refractivity contribution in [1.82, 2.24) is 14.7 Å². The van der Waals surface area contributed by atoms with Gasteiger partial charge in [-0.2, -0.15) is 5.10 Å². The summed E-state index contributed by atoms with van der Waals surface area (Å²) >= 11 is 0. The van der Waals surface area contributed by atoms with Gasteiger partial charge in [0.2, 0.25) is 5.91 Å². The molecule has 2 aromatic rings. The van der Waals surface area contributed by atoms with E-state index >= 15 is 0 Å². The van der Waals surface area contributed by atoms with Crippen molar-refractivity contribution >= 4 is 23.3 Å². The number of amides is 3. The van der Waals surface area contributed by atoms with Crippen LogP contribution in [0.3, 0.4) is 0 Å². The Morgan fingerprint density at radius 3 is 2.78 bits per heavy atom. The van der Waals surface area contributed by atoms with Crippen molar-refractivity contribution in [2.45, 2.75) is 46.7 Å². The van der Waals surface area contributed by atoms with Crippen LogP contribution >= 0.6 is 0 Å². The summed E-state index contributed by atoms with van der Waals surface area (Å²) < 4.78 is 1.85. The summed E-state index contributed by atoms with van der Waals surface area (Å²) in [7, 11) is 0. The van der Waals surface area contributed by atoms with Crippen LogP contribution in [-0.4, -0.2) is 39.7 Å². The maximum absolute atomic E-state index is 12.8. The molecule has 144 valence electrons. The molecule has 1 aromatic carbocycles. The minimum Gasteiger partial charge on any atom is -0.320 e. The topological polar surface area (TPSA) is 70.5 Å². The van der Waals surface area contributed by atoms with Crippen molar-refractivity contribution in [2.75, 3.05) is 23.3 Å². The lowest BCUT2D eigenvalue weighted by atomic mass is 10.1. The van der Waals surface area contributed by atoms with Crippen LogP contribution in [0.1, 0.15) is 37.8 Å². The number of urea groups is 1. The van der Waals surface area contributed by atoms with Crippen molar-refractivity contribution in [2.24, 2.45) is 0 Å². The minimum atomic E-state index is -0.158. The van der Waals surface area contributed by atoms with Crippen molar-refractivity contribution in [1.29, 1.82) is 0 Å². The Hall–Kier alpha value is -2.83. The molecule has 0 unspecified atom stereocenters. The Morgan fingerprint density at radius 1 is 1.33 bits per heavy atom. The van der Waals surface area contributed by atoms with Crippen LogP contribution in [0.25, 0.3) is 0 Å². The number of aromatic nitrogens is 2. The number of nitrogens with one attached hydrogen (secondary N) is 1. The van der Waals surface area contributed by atoms with E-state index in [9.17, 15) is 9.59 Å². The number of benzene rings is 1. The molecule has 1 aliphatic heterocycles. The van der Waals surface area contributed by atoms with Gasteiger partial charge < -0.3 is 15.1 Å². The zero-order valence-corrected chi connectivity index (χ0v) is 16.2. The molecule has 1 aliphatic rings. The minimum absolute atomic E-state index is 0.138. The SMILES string of the molecule is CCN(Cc1cnn(CC)c1)C(=O)Nc1cc(N2CCCC2=O)ccc1C. The van der Waals surface area contributed by atoms with Gasteiger partial charge in [-0.25, -0.2) is 4.79 Å². The molecule has 1 N–H and O–H groups in total. The van der Waals surface area contributed by atoms with Gasteiger partial charge >= 0.3 is 6.03 Å².